The second kappa shape index (κ2) is 5.40. The first-order valence-electron chi connectivity index (χ1n) is 5.86. The number of ether oxygens (including phenoxy) is 1. The van der Waals surface area contributed by atoms with E-state index in [-0.39, 0.29) is 18.3 Å². The van der Waals surface area contributed by atoms with Gasteiger partial charge in [0.1, 0.15) is 0 Å². The zero-order valence-corrected chi connectivity index (χ0v) is 10.9. The first-order valence-corrected chi connectivity index (χ1v) is 6.24. The number of rotatable bonds is 4. The molecule has 1 aliphatic heterocycles. The van der Waals surface area contributed by atoms with Gasteiger partial charge in [-0.2, -0.15) is 0 Å². The fourth-order valence-corrected chi connectivity index (χ4v) is 2.18. The van der Waals surface area contributed by atoms with Gasteiger partial charge in [0.05, 0.1) is 19.4 Å². The number of esters is 1. The van der Waals surface area contributed by atoms with Crippen molar-refractivity contribution in [1.29, 1.82) is 0 Å². The third kappa shape index (κ3) is 2.64. The molecule has 0 spiro atoms. The molecule has 1 amide bonds. The summed E-state index contributed by atoms with van der Waals surface area (Å²) in [6.45, 7) is 2.45. The van der Waals surface area contributed by atoms with Gasteiger partial charge in [0.25, 0.3) is 0 Å². The minimum Gasteiger partial charge on any atom is -0.466 e. The van der Waals surface area contributed by atoms with Crippen LogP contribution in [0.4, 0.5) is 5.69 Å². The summed E-state index contributed by atoms with van der Waals surface area (Å²) in [5.74, 6) is -0.294. The quantitative estimate of drug-likeness (QED) is 0.786. The van der Waals surface area contributed by atoms with Gasteiger partial charge in [0.15, 0.2) is 0 Å². The molecule has 18 heavy (non-hydrogen) atoms. The third-order valence-corrected chi connectivity index (χ3v) is 3.06. The summed E-state index contributed by atoms with van der Waals surface area (Å²) >= 11 is 5.92. The van der Waals surface area contributed by atoms with Crippen LogP contribution in [0.25, 0.3) is 0 Å². The highest BCUT2D eigenvalue weighted by Gasteiger charge is 2.27. The summed E-state index contributed by atoms with van der Waals surface area (Å²) in [6.07, 6.45) is 0.570. The minimum atomic E-state index is -0.291. The third-order valence-electron chi connectivity index (χ3n) is 2.83. The zero-order valence-electron chi connectivity index (χ0n) is 10.1. The van der Waals surface area contributed by atoms with E-state index in [1.54, 1.807) is 24.0 Å². The average molecular weight is 268 g/mol. The van der Waals surface area contributed by atoms with Crippen molar-refractivity contribution in [3.8, 4) is 0 Å². The van der Waals surface area contributed by atoms with E-state index in [9.17, 15) is 9.59 Å². The minimum absolute atomic E-state index is 0.00318. The van der Waals surface area contributed by atoms with Crippen LogP contribution in [0.1, 0.15) is 18.9 Å². The van der Waals surface area contributed by atoms with Crippen molar-refractivity contribution in [2.24, 2.45) is 0 Å². The van der Waals surface area contributed by atoms with E-state index in [1.165, 1.54) is 0 Å². The van der Waals surface area contributed by atoms with Gasteiger partial charge in [-0.1, -0.05) is 17.7 Å². The molecule has 0 saturated heterocycles. The largest absolute Gasteiger partial charge is 0.466 e. The van der Waals surface area contributed by atoms with Gasteiger partial charge in [-0.15, -0.1) is 0 Å². The van der Waals surface area contributed by atoms with Crippen molar-refractivity contribution in [1.82, 2.24) is 0 Å². The molecule has 2 rings (SSSR count). The molecule has 1 aromatic carbocycles. The number of fused-ring (bicyclic) bond motifs is 1. The first kappa shape index (κ1) is 12.9. The number of hydrogen-bond donors (Lipinski definition) is 0. The predicted molar refractivity (Wildman–Crippen MR) is 68.8 cm³/mol. The van der Waals surface area contributed by atoms with Crippen LogP contribution in [0.2, 0.25) is 5.02 Å². The van der Waals surface area contributed by atoms with Gasteiger partial charge in [-0.25, -0.2) is 0 Å². The Morgan fingerprint density at radius 3 is 3.00 bits per heavy atom. The molecule has 0 saturated carbocycles. The van der Waals surface area contributed by atoms with E-state index < -0.39 is 0 Å². The number of anilines is 1. The van der Waals surface area contributed by atoms with E-state index in [0.717, 1.165) is 11.3 Å². The number of carbonyl (C=O) groups excluding carboxylic acids is 2. The Bertz CT molecular complexity index is 487. The molecule has 0 aliphatic carbocycles. The van der Waals surface area contributed by atoms with E-state index >= 15 is 0 Å². The van der Waals surface area contributed by atoms with Crippen LogP contribution in [0.3, 0.4) is 0 Å². The first-order chi connectivity index (χ1) is 8.61. The zero-order chi connectivity index (χ0) is 13.1. The Kier molecular flexibility index (Phi) is 3.87. The molecule has 0 fully saturated rings. The van der Waals surface area contributed by atoms with Crippen LogP contribution >= 0.6 is 11.6 Å². The lowest BCUT2D eigenvalue weighted by atomic mass is 10.2. The number of nitrogens with zero attached hydrogens (tertiary/aromatic N) is 1. The molecule has 0 N–H and O–H groups in total. The maximum Gasteiger partial charge on any atom is 0.307 e. The van der Waals surface area contributed by atoms with Crippen LogP contribution in [-0.2, 0) is 20.7 Å². The van der Waals surface area contributed by atoms with Crippen LogP contribution in [0.15, 0.2) is 18.2 Å². The van der Waals surface area contributed by atoms with Crippen molar-refractivity contribution < 1.29 is 14.3 Å². The monoisotopic (exact) mass is 267 g/mol. The van der Waals surface area contributed by atoms with Crippen LogP contribution < -0.4 is 4.90 Å². The number of benzene rings is 1. The maximum atomic E-state index is 11.8. The summed E-state index contributed by atoms with van der Waals surface area (Å²) in [6, 6.07) is 5.37. The topological polar surface area (TPSA) is 46.6 Å². The molecule has 96 valence electrons. The molecule has 1 aliphatic rings. The molecule has 1 aromatic rings. The molecular weight excluding hydrogens is 254 g/mol. The smallest absolute Gasteiger partial charge is 0.307 e. The van der Waals surface area contributed by atoms with Gasteiger partial charge < -0.3 is 9.64 Å². The van der Waals surface area contributed by atoms with Crippen molar-refractivity contribution in [2.45, 2.75) is 19.8 Å². The van der Waals surface area contributed by atoms with E-state index in [1.807, 2.05) is 6.07 Å². The molecule has 1 heterocycles. The summed E-state index contributed by atoms with van der Waals surface area (Å²) in [4.78, 5) is 24.7. The molecule has 0 atom stereocenters. The standard InChI is InChI=1S/C13H14ClNO3/c1-2-18-13(17)5-6-15-11-8-10(14)4-3-9(11)7-12(15)16/h3-4,8H,2,5-7H2,1H3. The Hall–Kier alpha value is -1.55. The van der Waals surface area contributed by atoms with E-state index in [2.05, 4.69) is 0 Å². The van der Waals surface area contributed by atoms with E-state index in [4.69, 9.17) is 16.3 Å². The second-order valence-electron chi connectivity index (χ2n) is 4.05. The molecule has 0 bridgehead atoms. The average Bonchev–Trinajstić information content (AvgIpc) is 2.62. The molecule has 0 aromatic heterocycles. The van der Waals surface area contributed by atoms with Gasteiger partial charge in [-0.3, -0.25) is 9.59 Å². The van der Waals surface area contributed by atoms with Gasteiger partial charge >= 0.3 is 5.97 Å². The van der Waals surface area contributed by atoms with Crippen LogP contribution in [0.5, 0.6) is 0 Å². The lowest BCUT2D eigenvalue weighted by Crippen LogP contribution is -2.29. The van der Waals surface area contributed by atoms with Crippen LogP contribution in [-0.4, -0.2) is 25.0 Å². The fourth-order valence-electron chi connectivity index (χ4n) is 2.01. The van der Waals surface area contributed by atoms with Crippen molar-refractivity contribution in [2.75, 3.05) is 18.1 Å². The highest BCUT2D eigenvalue weighted by atomic mass is 35.5. The summed E-state index contributed by atoms with van der Waals surface area (Å²) in [5, 5.41) is 0.588. The van der Waals surface area contributed by atoms with Gasteiger partial charge in [0, 0.05) is 17.3 Å². The van der Waals surface area contributed by atoms with Gasteiger partial charge in [-0.05, 0) is 24.6 Å². The molecule has 0 unspecified atom stereocenters. The van der Waals surface area contributed by atoms with Crippen molar-refractivity contribution in [3.63, 3.8) is 0 Å². The summed E-state index contributed by atoms with van der Waals surface area (Å²) < 4.78 is 4.85. The Labute approximate surface area is 110 Å². The molecule has 0 radical (unpaired) electrons. The molecular formula is C13H14ClNO3. The number of amides is 1. The summed E-state index contributed by atoms with van der Waals surface area (Å²) in [5.41, 5.74) is 1.75. The Morgan fingerprint density at radius 2 is 2.28 bits per heavy atom. The number of carbonyl (C=O) groups is 2. The molecule has 5 heteroatoms. The Balaban J connectivity index is 2.08. The number of hydrogen-bond acceptors (Lipinski definition) is 3. The Morgan fingerprint density at radius 1 is 1.50 bits per heavy atom. The molecule has 4 nitrogen and oxygen atoms in total. The lowest BCUT2D eigenvalue weighted by Gasteiger charge is -2.16. The highest BCUT2D eigenvalue weighted by molar-refractivity contribution is 6.31. The van der Waals surface area contributed by atoms with Gasteiger partial charge in [0.2, 0.25) is 5.91 Å². The van der Waals surface area contributed by atoms with Crippen molar-refractivity contribution >= 4 is 29.2 Å². The van der Waals surface area contributed by atoms with E-state index in [0.29, 0.717) is 24.6 Å². The maximum absolute atomic E-state index is 11.8. The SMILES string of the molecule is CCOC(=O)CCN1C(=O)Cc2ccc(Cl)cc21. The normalized spacial score (nSPS) is 13.7. The second-order valence-corrected chi connectivity index (χ2v) is 4.49. The highest BCUT2D eigenvalue weighted by Crippen LogP contribution is 2.31. The number of halogens is 1. The van der Waals surface area contributed by atoms with Crippen molar-refractivity contribution in [3.05, 3.63) is 28.8 Å². The fraction of sp³-hybridized carbons (Fsp3) is 0.385. The lowest BCUT2D eigenvalue weighted by molar-refractivity contribution is -0.142. The van der Waals surface area contributed by atoms with Crippen LogP contribution in [0, 0.1) is 0 Å². The summed E-state index contributed by atoms with van der Waals surface area (Å²) in [7, 11) is 0. The predicted octanol–water partition coefficient (Wildman–Crippen LogP) is 2.18.